The molecule has 0 radical (unpaired) electrons. The van der Waals surface area contributed by atoms with Crippen LogP contribution in [0, 0.1) is 5.82 Å². The van der Waals surface area contributed by atoms with Crippen LogP contribution in [-0.4, -0.2) is 21.8 Å². The fourth-order valence-electron chi connectivity index (χ4n) is 2.99. The molecule has 3 aromatic rings. The third-order valence-electron chi connectivity index (χ3n) is 4.46. The summed E-state index contributed by atoms with van der Waals surface area (Å²) in [6, 6.07) is 16.8. The van der Waals surface area contributed by atoms with Crippen molar-refractivity contribution in [2.24, 2.45) is 0 Å². The van der Waals surface area contributed by atoms with Crippen LogP contribution in [0.5, 0.6) is 0 Å². The fourth-order valence-corrected chi connectivity index (χ4v) is 3.80. The molecule has 2 aromatic carbocycles. The minimum atomic E-state index is -0.280. The van der Waals surface area contributed by atoms with E-state index < -0.39 is 0 Å². The standard InChI is InChI=1S/C21H19FN2OS/c22-17-8-4-7-16(11-17)21-23-18(14-26-21)12-20(25)24(19-9-10-19)13-15-5-2-1-3-6-15/h1-8,11,14,19H,9-10,12-13H2. The molecule has 4 rings (SSSR count). The lowest BCUT2D eigenvalue weighted by Gasteiger charge is -2.22. The molecule has 0 spiro atoms. The second-order valence-corrected chi connectivity index (χ2v) is 7.43. The van der Waals surface area contributed by atoms with Crippen LogP contribution < -0.4 is 0 Å². The Labute approximate surface area is 156 Å². The Kier molecular flexibility index (Phi) is 4.80. The van der Waals surface area contributed by atoms with Crippen LogP contribution in [0.25, 0.3) is 10.6 Å². The van der Waals surface area contributed by atoms with Crippen molar-refractivity contribution in [1.82, 2.24) is 9.88 Å². The number of halogens is 1. The van der Waals surface area contributed by atoms with Gasteiger partial charge in [0, 0.05) is 23.5 Å². The minimum absolute atomic E-state index is 0.104. The molecule has 0 N–H and O–H groups in total. The molecule has 1 aliphatic rings. The number of aromatic nitrogens is 1. The Morgan fingerprint density at radius 2 is 1.96 bits per heavy atom. The van der Waals surface area contributed by atoms with Crippen LogP contribution in [0.2, 0.25) is 0 Å². The lowest BCUT2D eigenvalue weighted by molar-refractivity contribution is -0.131. The number of thiazole rings is 1. The van der Waals surface area contributed by atoms with E-state index in [1.165, 1.54) is 23.5 Å². The molecule has 3 nitrogen and oxygen atoms in total. The molecule has 0 bridgehead atoms. The molecule has 5 heteroatoms. The molecule has 0 atom stereocenters. The van der Waals surface area contributed by atoms with E-state index in [9.17, 15) is 9.18 Å². The summed E-state index contributed by atoms with van der Waals surface area (Å²) in [7, 11) is 0. The zero-order chi connectivity index (χ0) is 17.9. The molecule has 0 aliphatic heterocycles. The average molecular weight is 366 g/mol. The third-order valence-corrected chi connectivity index (χ3v) is 5.40. The van der Waals surface area contributed by atoms with Crippen molar-refractivity contribution in [3.8, 4) is 10.6 Å². The molecule has 1 saturated carbocycles. The van der Waals surface area contributed by atoms with Crippen molar-refractivity contribution >= 4 is 17.2 Å². The largest absolute Gasteiger partial charge is 0.335 e. The van der Waals surface area contributed by atoms with Crippen molar-refractivity contribution in [1.29, 1.82) is 0 Å². The summed E-state index contributed by atoms with van der Waals surface area (Å²) in [5, 5.41) is 2.64. The van der Waals surface area contributed by atoms with Gasteiger partial charge in [0.2, 0.25) is 5.91 Å². The molecule has 132 valence electrons. The van der Waals surface area contributed by atoms with E-state index >= 15 is 0 Å². The van der Waals surface area contributed by atoms with Crippen molar-refractivity contribution in [3.63, 3.8) is 0 Å². The molecular formula is C21H19FN2OS. The van der Waals surface area contributed by atoms with Gasteiger partial charge >= 0.3 is 0 Å². The summed E-state index contributed by atoms with van der Waals surface area (Å²) in [5.41, 5.74) is 2.64. The van der Waals surface area contributed by atoms with E-state index in [0.717, 1.165) is 34.7 Å². The van der Waals surface area contributed by atoms with Crippen LogP contribution in [0.4, 0.5) is 4.39 Å². The molecule has 1 amide bonds. The first-order chi connectivity index (χ1) is 12.7. The Bertz CT molecular complexity index is 905. The van der Waals surface area contributed by atoms with E-state index in [4.69, 9.17) is 0 Å². The zero-order valence-electron chi connectivity index (χ0n) is 14.3. The summed E-state index contributed by atoms with van der Waals surface area (Å²) < 4.78 is 13.4. The number of amides is 1. The smallest absolute Gasteiger partial charge is 0.229 e. The van der Waals surface area contributed by atoms with Crippen molar-refractivity contribution < 1.29 is 9.18 Å². The zero-order valence-corrected chi connectivity index (χ0v) is 15.1. The normalized spacial score (nSPS) is 13.6. The first-order valence-corrected chi connectivity index (χ1v) is 9.61. The lowest BCUT2D eigenvalue weighted by atomic mass is 10.2. The Morgan fingerprint density at radius 1 is 1.15 bits per heavy atom. The number of benzene rings is 2. The second-order valence-electron chi connectivity index (χ2n) is 6.57. The van der Waals surface area contributed by atoms with Crippen LogP contribution in [0.1, 0.15) is 24.1 Å². The molecule has 1 aliphatic carbocycles. The number of nitrogens with zero attached hydrogens (tertiary/aromatic N) is 2. The van der Waals surface area contributed by atoms with Gasteiger partial charge in [0.1, 0.15) is 10.8 Å². The molecule has 0 unspecified atom stereocenters. The topological polar surface area (TPSA) is 33.2 Å². The van der Waals surface area contributed by atoms with Crippen LogP contribution in [0.3, 0.4) is 0 Å². The van der Waals surface area contributed by atoms with Gasteiger partial charge in [-0.25, -0.2) is 9.37 Å². The Morgan fingerprint density at radius 3 is 2.69 bits per heavy atom. The SMILES string of the molecule is O=C(Cc1csc(-c2cccc(F)c2)n1)N(Cc1ccccc1)C1CC1. The van der Waals surface area contributed by atoms with Gasteiger partial charge in [0.05, 0.1) is 12.1 Å². The van der Waals surface area contributed by atoms with Gasteiger partial charge in [0.25, 0.3) is 0 Å². The molecule has 1 fully saturated rings. The van der Waals surface area contributed by atoms with Crippen molar-refractivity contribution in [2.75, 3.05) is 0 Å². The van der Waals surface area contributed by atoms with Gasteiger partial charge < -0.3 is 4.90 Å². The number of hydrogen-bond donors (Lipinski definition) is 0. The van der Waals surface area contributed by atoms with Gasteiger partial charge in [-0.2, -0.15) is 0 Å². The highest BCUT2D eigenvalue weighted by atomic mass is 32.1. The molecule has 1 aromatic heterocycles. The van der Waals surface area contributed by atoms with Crippen LogP contribution in [-0.2, 0) is 17.8 Å². The monoisotopic (exact) mass is 366 g/mol. The van der Waals surface area contributed by atoms with E-state index in [1.54, 1.807) is 6.07 Å². The van der Waals surface area contributed by atoms with Gasteiger partial charge in [0.15, 0.2) is 0 Å². The second kappa shape index (κ2) is 7.38. The highest BCUT2D eigenvalue weighted by Gasteiger charge is 2.32. The van der Waals surface area contributed by atoms with E-state index in [0.29, 0.717) is 12.6 Å². The predicted octanol–water partition coefficient (Wildman–Crippen LogP) is 4.68. The molecule has 1 heterocycles. The maximum atomic E-state index is 13.4. The summed E-state index contributed by atoms with van der Waals surface area (Å²) in [5.74, 6) is -0.175. The molecular weight excluding hydrogens is 347 g/mol. The fraction of sp³-hybridized carbons (Fsp3) is 0.238. The highest BCUT2D eigenvalue weighted by molar-refractivity contribution is 7.13. The maximum absolute atomic E-state index is 13.4. The maximum Gasteiger partial charge on any atom is 0.229 e. The lowest BCUT2D eigenvalue weighted by Crippen LogP contribution is -2.33. The van der Waals surface area contributed by atoms with E-state index in [1.807, 2.05) is 46.7 Å². The van der Waals surface area contributed by atoms with Gasteiger partial charge in [-0.05, 0) is 30.5 Å². The minimum Gasteiger partial charge on any atom is -0.335 e. The first-order valence-electron chi connectivity index (χ1n) is 8.73. The summed E-state index contributed by atoms with van der Waals surface area (Å²) in [6.07, 6.45) is 2.43. The first kappa shape index (κ1) is 16.9. The van der Waals surface area contributed by atoms with Crippen molar-refractivity contribution in [3.05, 3.63) is 77.1 Å². The van der Waals surface area contributed by atoms with Crippen LogP contribution in [0.15, 0.2) is 60.0 Å². The van der Waals surface area contributed by atoms with Gasteiger partial charge in [-0.3, -0.25) is 4.79 Å². The van der Waals surface area contributed by atoms with Gasteiger partial charge in [-0.1, -0.05) is 42.5 Å². The highest BCUT2D eigenvalue weighted by Crippen LogP contribution is 2.30. The Hall–Kier alpha value is -2.53. The number of hydrogen-bond acceptors (Lipinski definition) is 3. The van der Waals surface area contributed by atoms with E-state index in [2.05, 4.69) is 4.98 Å². The summed E-state index contributed by atoms with van der Waals surface area (Å²) in [6.45, 7) is 0.644. The van der Waals surface area contributed by atoms with Crippen LogP contribution >= 0.6 is 11.3 Å². The summed E-state index contributed by atoms with van der Waals surface area (Å²) >= 11 is 1.44. The third kappa shape index (κ3) is 3.99. The quantitative estimate of drug-likeness (QED) is 0.634. The molecule has 26 heavy (non-hydrogen) atoms. The Balaban J connectivity index is 1.46. The van der Waals surface area contributed by atoms with Crippen molar-refractivity contribution in [2.45, 2.75) is 31.8 Å². The number of carbonyl (C=O) groups is 1. The number of rotatable bonds is 6. The van der Waals surface area contributed by atoms with E-state index in [-0.39, 0.29) is 18.1 Å². The predicted molar refractivity (Wildman–Crippen MR) is 101 cm³/mol. The van der Waals surface area contributed by atoms with Gasteiger partial charge in [-0.15, -0.1) is 11.3 Å². The summed E-state index contributed by atoms with van der Waals surface area (Å²) in [4.78, 5) is 19.3. The number of carbonyl (C=O) groups excluding carboxylic acids is 1. The average Bonchev–Trinajstić information content (AvgIpc) is 3.39. The molecule has 0 saturated heterocycles.